The van der Waals surface area contributed by atoms with E-state index in [4.69, 9.17) is 10.2 Å². The lowest BCUT2D eigenvalue weighted by atomic mass is 10.1. The zero-order valence-electron chi connectivity index (χ0n) is 13.0. The predicted molar refractivity (Wildman–Crippen MR) is 85.3 cm³/mol. The molecule has 128 valence electrons. The van der Waals surface area contributed by atoms with Gasteiger partial charge >= 0.3 is 0 Å². The SMILES string of the molecule is CS(=O)(=O)NCc1ccc(C(=O)N2CCc3nc(N)ncc3C2)o1. The van der Waals surface area contributed by atoms with Crippen molar-refractivity contribution >= 4 is 21.9 Å². The van der Waals surface area contributed by atoms with Crippen molar-refractivity contribution in [1.82, 2.24) is 19.6 Å². The van der Waals surface area contributed by atoms with Crippen molar-refractivity contribution in [1.29, 1.82) is 0 Å². The zero-order chi connectivity index (χ0) is 17.3. The summed E-state index contributed by atoms with van der Waals surface area (Å²) in [5, 5.41) is 0. The molecule has 2 aromatic rings. The minimum atomic E-state index is -3.32. The van der Waals surface area contributed by atoms with Crippen LogP contribution in [0.5, 0.6) is 0 Å². The number of carbonyl (C=O) groups excluding carboxylic acids is 1. The first-order valence-corrected chi connectivity index (χ1v) is 9.14. The van der Waals surface area contributed by atoms with Gasteiger partial charge in [0, 0.05) is 31.3 Å². The van der Waals surface area contributed by atoms with Gasteiger partial charge in [0.15, 0.2) is 5.76 Å². The molecule has 1 aliphatic heterocycles. The van der Waals surface area contributed by atoms with Gasteiger partial charge in [0.2, 0.25) is 16.0 Å². The molecular weight excluding hydrogens is 334 g/mol. The standard InChI is InChI=1S/C14H17N5O4S/c1-24(21,22)17-7-10-2-3-12(23-10)13(20)19-5-4-11-9(8-19)6-16-14(15)18-11/h2-3,6,17H,4-5,7-8H2,1H3,(H2,15,16,18). The van der Waals surface area contributed by atoms with E-state index in [1.165, 1.54) is 6.07 Å². The van der Waals surface area contributed by atoms with Gasteiger partial charge in [-0.15, -0.1) is 0 Å². The number of hydrogen-bond acceptors (Lipinski definition) is 7. The first-order valence-electron chi connectivity index (χ1n) is 7.25. The van der Waals surface area contributed by atoms with E-state index < -0.39 is 10.0 Å². The Morgan fingerprint density at radius 1 is 1.46 bits per heavy atom. The summed E-state index contributed by atoms with van der Waals surface area (Å²) in [4.78, 5) is 22.3. The largest absolute Gasteiger partial charge is 0.455 e. The van der Waals surface area contributed by atoms with Gasteiger partial charge in [0.1, 0.15) is 5.76 Å². The van der Waals surface area contributed by atoms with Gasteiger partial charge in [0.25, 0.3) is 5.91 Å². The summed E-state index contributed by atoms with van der Waals surface area (Å²) in [5.41, 5.74) is 7.27. The lowest BCUT2D eigenvalue weighted by Gasteiger charge is -2.27. The van der Waals surface area contributed by atoms with Crippen LogP contribution in [0.15, 0.2) is 22.7 Å². The van der Waals surface area contributed by atoms with Crippen molar-refractivity contribution in [3.63, 3.8) is 0 Å². The van der Waals surface area contributed by atoms with Crippen molar-refractivity contribution in [3.05, 3.63) is 41.1 Å². The fourth-order valence-electron chi connectivity index (χ4n) is 2.45. The van der Waals surface area contributed by atoms with Gasteiger partial charge in [-0.1, -0.05) is 0 Å². The molecule has 0 saturated carbocycles. The van der Waals surface area contributed by atoms with E-state index in [-0.39, 0.29) is 24.2 Å². The quantitative estimate of drug-likeness (QED) is 0.786. The summed E-state index contributed by atoms with van der Waals surface area (Å²) in [5.74, 6) is 0.503. The number of hydrogen-bond donors (Lipinski definition) is 2. The second-order valence-corrected chi connectivity index (χ2v) is 7.37. The Kier molecular flexibility index (Phi) is 4.24. The molecular formula is C14H17N5O4S. The molecule has 0 radical (unpaired) electrons. The van der Waals surface area contributed by atoms with Gasteiger partial charge in [0.05, 0.1) is 18.5 Å². The first-order chi connectivity index (χ1) is 11.3. The molecule has 0 aromatic carbocycles. The lowest BCUT2D eigenvalue weighted by molar-refractivity contribution is 0.0699. The van der Waals surface area contributed by atoms with Gasteiger partial charge in [-0.05, 0) is 12.1 Å². The number of nitrogens with zero attached hydrogens (tertiary/aromatic N) is 3. The number of furan rings is 1. The Morgan fingerprint density at radius 2 is 2.25 bits per heavy atom. The van der Waals surface area contributed by atoms with Crippen molar-refractivity contribution in [3.8, 4) is 0 Å². The Hall–Kier alpha value is -2.46. The second-order valence-electron chi connectivity index (χ2n) is 5.54. The van der Waals surface area contributed by atoms with Crippen LogP contribution in [0.3, 0.4) is 0 Å². The number of nitrogens with one attached hydrogen (secondary N) is 1. The van der Waals surface area contributed by atoms with E-state index >= 15 is 0 Å². The van der Waals surface area contributed by atoms with Crippen LogP contribution >= 0.6 is 0 Å². The second kappa shape index (κ2) is 6.21. The third kappa shape index (κ3) is 3.71. The van der Waals surface area contributed by atoms with Crippen LogP contribution in [0.2, 0.25) is 0 Å². The Morgan fingerprint density at radius 3 is 3.00 bits per heavy atom. The van der Waals surface area contributed by atoms with E-state index in [9.17, 15) is 13.2 Å². The molecule has 1 amide bonds. The topological polar surface area (TPSA) is 131 Å². The molecule has 1 aliphatic rings. The summed E-state index contributed by atoms with van der Waals surface area (Å²) >= 11 is 0. The molecule has 3 rings (SSSR count). The third-order valence-electron chi connectivity index (χ3n) is 3.62. The van der Waals surface area contributed by atoms with E-state index in [1.807, 2.05) is 0 Å². The van der Waals surface area contributed by atoms with Gasteiger partial charge < -0.3 is 15.1 Å². The molecule has 0 fully saturated rings. The normalized spacial score (nSPS) is 14.5. The van der Waals surface area contributed by atoms with Gasteiger partial charge in [-0.25, -0.2) is 23.1 Å². The number of carbonyl (C=O) groups is 1. The van der Waals surface area contributed by atoms with Gasteiger partial charge in [-0.2, -0.15) is 0 Å². The van der Waals surface area contributed by atoms with Crippen LogP contribution in [-0.4, -0.2) is 42.0 Å². The Bertz CT molecular complexity index is 877. The molecule has 0 unspecified atom stereocenters. The highest BCUT2D eigenvalue weighted by Crippen LogP contribution is 2.20. The maximum atomic E-state index is 12.5. The van der Waals surface area contributed by atoms with Crippen molar-refractivity contribution in [2.45, 2.75) is 19.5 Å². The van der Waals surface area contributed by atoms with Crippen LogP contribution in [0.1, 0.15) is 27.6 Å². The highest BCUT2D eigenvalue weighted by atomic mass is 32.2. The van der Waals surface area contributed by atoms with Crippen molar-refractivity contribution in [2.75, 3.05) is 18.5 Å². The van der Waals surface area contributed by atoms with Crippen LogP contribution in [0.25, 0.3) is 0 Å². The molecule has 24 heavy (non-hydrogen) atoms. The van der Waals surface area contributed by atoms with Crippen LogP contribution in [0.4, 0.5) is 5.95 Å². The molecule has 3 N–H and O–H groups in total. The monoisotopic (exact) mass is 351 g/mol. The number of aromatic nitrogens is 2. The lowest BCUT2D eigenvalue weighted by Crippen LogP contribution is -2.36. The van der Waals surface area contributed by atoms with Crippen molar-refractivity contribution < 1.29 is 17.6 Å². The van der Waals surface area contributed by atoms with Crippen LogP contribution < -0.4 is 10.5 Å². The average molecular weight is 351 g/mol. The number of sulfonamides is 1. The predicted octanol–water partition coefficient (Wildman–Crippen LogP) is -0.100. The maximum absolute atomic E-state index is 12.5. The molecule has 0 aliphatic carbocycles. The summed E-state index contributed by atoms with van der Waals surface area (Å²) < 4.78 is 29.9. The summed E-state index contributed by atoms with van der Waals surface area (Å²) in [6, 6.07) is 3.11. The smallest absolute Gasteiger partial charge is 0.289 e. The highest BCUT2D eigenvalue weighted by molar-refractivity contribution is 7.88. The van der Waals surface area contributed by atoms with Gasteiger partial charge in [-0.3, -0.25) is 4.79 Å². The van der Waals surface area contributed by atoms with Crippen molar-refractivity contribution in [2.24, 2.45) is 0 Å². The number of nitrogen functional groups attached to an aromatic ring is 1. The molecule has 3 heterocycles. The van der Waals surface area contributed by atoms with E-state index in [0.717, 1.165) is 17.5 Å². The number of rotatable bonds is 4. The third-order valence-corrected chi connectivity index (χ3v) is 4.29. The molecule has 0 bridgehead atoms. The molecule has 0 atom stereocenters. The number of anilines is 1. The minimum Gasteiger partial charge on any atom is -0.455 e. The number of nitrogens with two attached hydrogens (primary N) is 1. The average Bonchev–Trinajstić information content (AvgIpc) is 3.00. The molecule has 0 spiro atoms. The highest BCUT2D eigenvalue weighted by Gasteiger charge is 2.25. The first kappa shape index (κ1) is 16.4. The maximum Gasteiger partial charge on any atom is 0.289 e. The van der Waals surface area contributed by atoms with Crippen LogP contribution in [-0.2, 0) is 29.5 Å². The summed E-state index contributed by atoms with van der Waals surface area (Å²) in [6.07, 6.45) is 3.28. The van der Waals surface area contributed by atoms with E-state index in [1.54, 1.807) is 17.2 Å². The summed E-state index contributed by atoms with van der Waals surface area (Å²) in [6.45, 7) is 0.883. The molecule has 10 heteroatoms. The van der Waals surface area contributed by atoms with E-state index in [0.29, 0.717) is 25.3 Å². The molecule has 2 aromatic heterocycles. The Labute approximate surface area is 138 Å². The fourth-order valence-corrected chi connectivity index (χ4v) is 2.86. The molecule has 0 saturated heterocycles. The number of fused-ring (bicyclic) bond motifs is 1. The Balaban J connectivity index is 1.69. The zero-order valence-corrected chi connectivity index (χ0v) is 13.8. The minimum absolute atomic E-state index is 0.00205. The van der Waals surface area contributed by atoms with Crippen LogP contribution in [0, 0.1) is 0 Å². The van der Waals surface area contributed by atoms with E-state index in [2.05, 4.69) is 14.7 Å². The fraction of sp³-hybridized carbons (Fsp3) is 0.357. The summed E-state index contributed by atoms with van der Waals surface area (Å²) in [7, 11) is -3.32. The number of amides is 1. The molecule has 9 nitrogen and oxygen atoms in total.